The summed E-state index contributed by atoms with van der Waals surface area (Å²) in [5, 5.41) is 4.14. The number of hydrogen-bond donors (Lipinski definition) is 1. The van der Waals surface area contributed by atoms with Crippen LogP contribution in [0.4, 0.5) is 0 Å². The van der Waals surface area contributed by atoms with Crippen LogP contribution in [0.3, 0.4) is 0 Å². The standard InChI is InChI=1S/C16H24ClNO.ClH/c1-2-3-13-19-14-5-12-18-11-4-6-15-7-9-16(17)10-8-15;/h4,6-10,18H,2-3,5,11-14H2,1H3;1H/b6-4+;. The van der Waals surface area contributed by atoms with E-state index in [1.165, 1.54) is 12.0 Å². The van der Waals surface area contributed by atoms with Crippen LogP contribution >= 0.6 is 24.0 Å². The Balaban J connectivity index is 0.00000361. The van der Waals surface area contributed by atoms with Crippen LogP contribution in [0, 0.1) is 0 Å². The Bertz CT molecular complexity index is 352. The smallest absolute Gasteiger partial charge is 0.0478 e. The molecule has 114 valence electrons. The zero-order valence-electron chi connectivity index (χ0n) is 12.1. The molecule has 2 nitrogen and oxygen atoms in total. The van der Waals surface area contributed by atoms with Gasteiger partial charge in [0.15, 0.2) is 0 Å². The summed E-state index contributed by atoms with van der Waals surface area (Å²) in [4.78, 5) is 0. The second-order valence-electron chi connectivity index (χ2n) is 4.48. The molecule has 0 atom stereocenters. The fourth-order valence-corrected chi connectivity index (χ4v) is 1.73. The Kier molecular flexibility index (Phi) is 13.1. The van der Waals surface area contributed by atoms with Gasteiger partial charge in [0.1, 0.15) is 0 Å². The van der Waals surface area contributed by atoms with E-state index in [4.69, 9.17) is 16.3 Å². The summed E-state index contributed by atoms with van der Waals surface area (Å²) in [6.07, 6.45) is 7.66. The highest BCUT2D eigenvalue weighted by Crippen LogP contribution is 2.10. The molecule has 1 aromatic carbocycles. The number of unbranched alkanes of at least 4 members (excludes halogenated alkanes) is 1. The van der Waals surface area contributed by atoms with Crippen molar-refractivity contribution >= 4 is 30.1 Å². The van der Waals surface area contributed by atoms with Gasteiger partial charge in [0.25, 0.3) is 0 Å². The molecule has 0 saturated heterocycles. The maximum Gasteiger partial charge on any atom is 0.0478 e. The minimum Gasteiger partial charge on any atom is -0.381 e. The van der Waals surface area contributed by atoms with Crippen molar-refractivity contribution in [2.75, 3.05) is 26.3 Å². The first-order chi connectivity index (χ1) is 9.33. The fraction of sp³-hybridized carbons (Fsp3) is 0.500. The summed E-state index contributed by atoms with van der Waals surface area (Å²) in [6.45, 7) is 5.81. The lowest BCUT2D eigenvalue weighted by atomic mass is 10.2. The van der Waals surface area contributed by atoms with E-state index < -0.39 is 0 Å². The molecule has 0 bridgehead atoms. The van der Waals surface area contributed by atoms with Gasteiger partial charge in [0.05, 0.1) is 0 Å². The lowest BCUT2D eigenvalue weighted by Gasteiger charge is -2.03. The van der Waals surface area contributed by atoms with Gasteiger partial charge in [-0.1, -0.05) is 49.2 Å². The molecule has 0 spiro atoms. The van der Waals surface area contributed by atoms with Gasteiger partial charge in [-0.2, -0.15) is 0 Å². The van der Waals surface area contributed by atoms with E-state index in [0.717, 1.165) is 44.2 Å². The SMILES string of the molecule is CCCCOCCCNC/C=C/c1ccc(Cl)cc1.Cl. The molecule has 0 aliphatic rings. The van der Waals surface area contributed by atoms with Gasteiger partial charge in [-0.3, -0.25) is 0 Å². The van der Waals surface area contributed by atoms with Gasteiger partial charge < -0.3 is 10.1 Å². The molecule has 0 fully saturated rings. The summed E-state index contributed by atoms with van der Waals surface area (Å²) in [5.74, 6) is 0. The first-order valence-corrected chi connectivity index (χ1v) is 7.41. The predicted molar refractivity (Wildman–Crippen MR) is 90.9 cm³/mol. The highest BCUT2D eigenvalue weighted by atomic mass is 35.5. The lowest BCUT2D eigenvalue weighted by molar-refractivity contribution is 0.129. The molecular weight excluding hydrogens is 293 g/mol. The molecule has 0 saturated carbocycles. The first-order valence-electron chi connectivity index (χ1n) is 7.03. The molecule has 0 unspecified atom stereocenters. The third-order valence-electron chi connectivity index (χ3n) is 2.73. The van der Waals surface area contributed by atoms with Crippen LogP contribution in [0.2, 0.25) is 5.02 Å². The van der Waals surface area contributed by atoms with E-state index in [2.05, 4.69) is 24.4 Å². The summed E-state index contributed by atoms with van der Waals surface area (Å²) in [6, 6.07) is 7.84. The van der Waals surface area contributed by atoms with Crippen molar-refractivity contribution in [1.82, 2.24) is 5.32 Å². The topological polar surface area (TPSA) is 21.3 Å². The summed E-state index contributed by atoms with van der Waals surface area (Å²) in [7, 11) is 0. The molecule has 0 heterocycles. The quantitative estimate of drug-likeness (QED) is 0.638. The average molecular weight is 318 g/mol. The van der Waals surface area contributed by atoms with E-state index in [0.29, 0.717) is 0 Å². The van der Waals surface area contributed by atoms with Crippen molar-refractivity contribution < 1.29 is 4.74 Å². The molecule has 1 aromatic rings. The minimum atomic E-state index is 0. The van der Waals surface area contributed by atoms with Crippen molar-refractivity contribution in [3.05, 3.63) is 40.9 Å². The van der Waals surface area contributed by atoms with E-state index in [-0.39, 0.29) is 12.4 Å². The number of halogens is 2. The Labute approximate surface area is 134 Å². The maximum atomic E-state index is 5.83. The normalized spacial score (nSPS) is 10.7. The molecular formula is C16H25Cl2NO. The third-order valence-corrected chi connectivity index (χ3v) is 2.98. The van der Waals surface area contributed by atoms with E-state index >= 15 is 0 Å². The van der Waals surface area contributed by atoms with Crippen LogP contribution in [0.15, 0.2) is 30.3 Å². The van der Waals surface area contributed by atoms with Gasteiger partial charge in [-0.15, -0.1) is 12.4 Å². The van der Waals surface area contributed by atoms with E-state index in [1.807, 2.05) is 24.3 Å². The second-order valence-corrected chi connectivity index (χ2v) is 4.91. The third kappa shape index (κ3) is 10.3. The number of benzene rings is 1. The lowest BCUT2D eigenvalue weighted by Crippen LogP contribution is -2.16. The molecule has 1 N–H and O–H groups in total. The largest absolute Gasteiger partial charge is 0.381 e. The molecule has 0 aliphatic heterocycles. The van der Waals surface area contributed by atoms with Crippen LogP contribution < -0.4 is 5.32 Å². The van der Waals surface area contributed by atoms with Gasteiger partial charge >= 0.3 is 0 Å². The van der Waals surface area contributed by atoms with E-state index in [1.54, 1.807) is 0 Å². The maximum absolute atomic E-state index is 5.83. The van der Waals surface area contributed by atoms with Crippen LogP contribution in [0.1, 0.15) is 31.7 Å². The summed E-state index contributed by atoms with van der Waals surface area (Å²) < 4.78 is 5.49. The number of nitrogens with one attached hydrogen (secondary N) is 1. The molecule has 0 radical (unpaired) electrons. The average Bonchev–Trinajstić information content (AvgIpc) is 2.43. The molecule has 0 aliphatic carbocycles. The van der Waals surface area contributed by atoms with E-state index in [9.17, 15) is 0 Å². The van der Waals surface area contributed by atoms with Crippen molar-refractivity contribution in [2.45, 2.75) is 26.2 Å². The highest BCUT2D eigenvalue weighted by Gasteiger charge is 1.89. The van der Waals surface area contributed by atoms with Crippen molar-refractivity contribution in [3.63, 3.8) is 0 Å². The number of hydrogen-bond acceptors (Lipinski definition) is 2. The van der Waals surface area contributed by atoms with Gasteiger partial charge in [-0.05, 0) is 37.1 Å². The van der Waals surface area contributed by atoms with Crippen LogP contribution in [0.5, 0.6) is 0 Å². The number of rotatable bonds is 10. The van der Waals surface area contributed by atoms with Crippen LogP contribution in [-0.4, -0.2) is 26.3 Å². The molecule has 20 heavy (non-hydrogen) atoms. The highest BCUT2D eigenvalue weighted by molar-refractivity contribution is 6.30. The molecule has 1 rings (SSSR count). The molecule has 4 heteroatoms. The van der Waals surface area contributed by atoms with Crippen molar-refractivity contribution in [3.8, 4) is 0 Å². The Morgan fingerprint density at radius 2 is 1.85 bits per heavy atom. The molecule has 0 aromatic heterocycles. The molecule has 0 amide bonds. The summed E-state index contributed by atoms with van der Waals surface area (Å²) in [5.41, 5.74) is 1.18. The van der Waals surface area contributed by atoms with Gasteiger partial charge in [0, 0.05) is 24.8 Å². The van der Waals surface area contributed by atoms with Crippen molar-refractivity contribution in [2.24, 2.45) is 0 Å². The number of ether oxygens (including phenoxy) is 1. The minimum absolute atomic E-state index is 0. The van der Waals surface area contributed by atoms with Crippen molar-refractivity contribution in [1.29, 1.82) is 0 Å². The van der Waals surface area contributed by atoms with Gasteiger partial charge in [-0.25, -0.2) is 0 Å². The fourth-order valence-electron chi connectivity index (χ4n) is 1.60. The van der Waals surface area contributed by atoms with Crippen LogP contribution in [0.25, 0.3) is 6.08 Å². The Hall–Kier alpha value is -0.540. The first kappa shape index (κ1) is 19.5. The summed E-state index contributed by atoms with van der Waals surface area (Å²) >= 11 is 5.83. The second kappa shape index (κ2) is 13.4. The monoisotopic (exact) mass is 317 g/mol. The zero-order chi connectivity index (χ0) is 13.8. The van der Waals surface area contributed by atoms with Crippen LogP contribution in [-0.2, 0) is 4.74 Å². The predicted octanol–water partition coefficient (Wildman–Crippen LogP) is 4.57. The Morgan fingerprint density at radius 1 is 1.15 bits per heavy atom. The Morgan fingerprint density at radius 3 is 2.55 bits per heavy atom. The van der Waals surface area contributed by atoms with Gasteiger partial charge in [0.2, 0.25) is 0 Å². The zero-order valence-corrected chi connectivity index (χ0v) is 13.7.